The molecule has 0 radical (unpaired) electrons. The van der Waals surface area contributed by atoms with Crippen molar-refractivity contribution in [1.82, 2.24) is 15.1 Å². The van der Waals surface area contributed by atoms with Gasteiger partial charge in [-0.25, -0.2) is 4.39 Å². The summed E-state index contributed by atoms with van der Waals surface area (Å²) in [5.41, 5.74) is 0.729. The average Bonchev–Trinajstić information content (AvgIpc) is 3.52. The van der Waals surface area contributed by atoms with Crippen LogP contribution in [-0.2, 0) is 16.0 Å². The fourth-order valence-electron chi connectivity index (χ4n) is 4.51. The summed E-state index contributed by atoms with van der Waals surface area (Å²) in [7, 11) is 0. The number of hydrogen-bond acceptors (Lipinski definition) is 3. The molecule has 1 unspecified atom stereocenters. The summed E-state index contributed by atoms with van der Waals surface area (Å²) in [6.07, 6.45) is 6.48. The summed E-state index contributed by atoms with van der Waals surface area (Å²) in [6.45, 7) is 3.39. The Balaban J connectivity index is 1.25. The highest BCUT2D eigenvalue weighted by atomic mass is 19.1. The Labute approximate surface area is 166 Å². The molecule has 2 heterocycles. The predicted octanol–water partition coefficient (Wildman–Crippen LogP) is 2.35. The van der Waals surface area contributed by atoms with Crippen molar-refractivity contribution >= 4 is 11.8 Å². The van der Waals surface area contributed by atoms with E-state index in [2.05, 4.69) is 10.2 Å². The second-order valence-electron chi connectivity index (χ2n) is 8.54. The first-order valence-electron chi connectivity index (χ1n) is 10.6. The quantitative estimate of drug-likeness (QED) is 0.844. The normalized spacial score (nSPS) is 24.2. The van der Waals surface area contributed by atoms with Crippen LogP contribution in [-0.4, -0.2) is 59.9 Å². The monoisotopic (exact) mass is 387 g/mol. The molecule has 3 fully saturated rings. The molecule has 4 rings (SSSR count). The van der Waals surface area contributed by atoms with Crippen molar-refractivity contribution in [2.24, 2.45) is 5.92 Å². The van der Waals surface area contributed by atoms with Crippen molar-refractivity contribution in [1.29, 1.82) is 0 Å². The van der Waals surface area contributed by atoms with Crippen LogP contribution in [0.1, 0.15) is 44.1 Å². The van der Waals surface area contributed by atoms with Crippen LogP contribution in [0.25, 0.3) is 0 Å². The van der Waals surface area contributed by atoms with E-state index in [0.29, 0.717) is 12.1 Å². The molecule has 2 amide bonds. The molecule has 1 N–H and O–H groups in total. The van der Waals surface area contributed by atoms with Crippen LogP contribution in [0, 0.1) is 11.7 Å². The number of carbonyl (C=O) groups is 2. The van der Waals surface area contributed by atoms with Crippen molar-refractivity contribution in [3.8, 4) is 0 Å². The fourth-order valence-corrected chi connectivity index (χ4v) is 4.51. The molecule has 2 aliphatic heterocycles. The lowest BCUT2D eigenvalue weighted by Gasteiger charge is -2.42. The summed E-state index contributed by atoms with van der Waals surface area (Å²) < 4.78 is 13.3. The molecular formula is C22H30FN3O2. The molecule has 152 valence electrons. The van der Waals surface area contributed by atoms with Crippen molar-refractivity contribution in [3.05, 3.63) is 35.6 Å². The third-order valence-corrected chi connectivity index (χ3v) is 6.33. The van der Waals surface area contributed by atoms with Gasteiger partial charge in [-0.3, -0.25) is 14.5 Å². The molecule has 1 aromatic carbocycles. The van der Waals surface area contributed by atoms with E-state index in [1.165, 1.54) is 12.1 Å². The van der Waals surface area contributed by atoms with Crippen molar-refractivity contribution in [2.75, 3.05) is 26.2 Å². The standard InChI is InChI=1S/C22H30FN3O2/c23-18-5-1-3-16(13-18)14-21(27)25-11-8-20(9-12-25)26-10-2-4-17(15-26)22(28)24-19-6-7-19/h1,3,5,13,17,19-20H,2,4,6-12,14-15H2,(H,24,28). The van der Waals surface area contributed by atoms with E-state index in [-0.39, 0.29) is 30.0 Å². The molecular weight excluding hydrogens is 357 g/mol. The average molecular weight is 387 g/mol. The SMILES string of the molecule is O=C(NC1CC1)C1CCCN(C2CCN(C(=O)Cc3cccc(F)c3)CC2)C1. The number of halogens is 1. The van der Waals surface area contributed by atoms with Gasteiger partial charge < -0.3 is 10.2 Å². The molecule has 3 aliphatic rings. The summed E-state index contributed by atoms with van der Waals surface area (Å²) in [5.74, 6) is 0.121. The first kappa shape index (κ1) is 19.4. The number of rotatable bonds is 5. The van der Waals surface area contributed by atoms with Crippen molar-refractivity contribution in [3.63, 3.8) is 0 Å². The number of amides is 2. The zero-order valence-corrected chi connectivity index (χ0v) is 16.4. The molecule has 6 heteroatoms. The second-order valence-corrected chi connectivity index (χ2v) is 8.54. The van der Waals surface area contributed by atoms with Gasteiger partial charge in [-0.2, -0.15) is 0 Å². The van der Waals surface area contributed by atoms with Gasteiger partial charge in [0.15, 0.2) is 0 Å². The molecule has 1 aromatic rings. The summed E-state index contributed by atoms with van der Waals surface area (Å²) in [5, 5.41) is 3.15. The van der Waals surface area contributed by atoms with Crippen molar-refractivity contribution < 1.29 is 14.0 Å². The molecule has 5 nitrogen and oxygen atoms in total. The Bertz CT molecular complexity index is 713. The Kier molecular flexibility index (Phi) is 5.95. The van der Waals surface area contributed by atoms with Gasteiger partial charge in [0.1, 0.15) is 5.82 Å². The van der Waals surface area contributed by atoms with Gasteiger partial charge in [0.25, 0.3) is 0 Å². The zero-order chi connectivity index (χ0) is 19.5. The number of carbonyl (C=O) groups excluding carboxylic acids is 2. The van der Waals surface area contributed by atoms with Crippen LogP contribution in [0.3, 0.4) is 0 Å². The van der Waals surface area contributed by atoms with E-state index in [9.17, 15) is 14.0 Å². The maximum absolute atomic E-state index is 13.3. The van der Waals surface area contributed by atoms with Crippen LogP contribution in [0.2, 0.25) is 0 Å². The van der Waals surface area contributed by atoms with Gasteiger partial charge in [-0.1, -0.05) is 12.1 Å². The van der Waals surface area contributed by atoms with Gasteiger partial charge in [-0.15, -0.1) is 0 Å². The number of likely N-dealkylation sites (tertiary alicyclic amines) is 2. The van der Waals surface area contributed by atoms with E-state index < -0.39 is 0 Å². The zero-order valence-electron chi connectivity index (χ0n) is 16.4. The van der Waals surface area contributed by atoms with Gasteiger partial charge in [0.05, 0.1) is 12.3 Å². The van der Waals surface area contributed by atoms with E-state index in [1.54, 1.807) is 12.1 Å². The van der Waals surface area contributed by atoms with Crippen LogP contribution in [0.5, 0.6) is 0 Å². The molecule has 28 heavy (non-hydrogen) atoms. The minimum absolute atomic E-state index is 0.0735. The molecule has 2 saturated heterocycles. The van der Waals surface area contributed by atoms with Crippen LogP contribution in [0.15, 0.2) is 24.3 Å². The Morgan fingerprint density at radius 1 is 1.07 bits per heavy atom. The fraction of sp³-hybridized carbons (Fsp3) is 0.636. The highest BCUT2D eigenvalue weighted by Gasteiger charge is 2.34. The smallest absolute Gasteiger partial charge is 0.226 e. The largest absolute Gasteiger partial charge is 0.353 e. The minimum Gasteiger partial charge on any atom is -0.353 e. The molecule has 0 bridgehead atoms. The van der Waals surface area contributed by atoms with Crippen molar-refractivity contribution in [2.45, 2.75) is 57.0 Å². The number of piperidine rings is 2. The lowest BCUT2D eigenvalue weighted by atomic mass is 9.93. The maximum Gasteiger partial charge on any atom is 0.226 e. The Morgan fingerprint density at radius 3 is 2.57 bits per heavy atom. The summed E-state index contributed by atoms with van der Waals surface area (Å²) >= 11 is 0. The highest BCUT2D eigenvalue weighted by molar-refractivity contribution is 5.79. The van der Waals surface area contributed by atoms with Gasteiger partial charge in [-0.05, 0) is 62.8 Å². The Hall–Kier alpha value is -1.95. The molecule has 1 aliphatic carbocycles. The lowest BCUT2D eigenvalue weighted by Crippen LogP contribution is -2.51. The second kappa shape index (κ2) is 8.60. The third kappa shape index (κ3) is 4.90. The number of benzene rings is 1. The minimum atomic E-state index is -0.297. The van der Waals surface area contributed by atoms with Gasteiger partial charge in [0.2, 0.25) is 11.8 Å². The predicted molar refractivity (Wildman–Crippen MR) is 105 cm³/mol. The molecule has 1 atom stereocenters. The maximum atomic E-state index is 13.3. The molecule has 1 saturated carbocycles. The van der Waals surface area contributed by atoms with E-state index in [4.69, 9.17) is 0 Å². The van der Waals surface area contributed by atoms with Gasteiger partial charge >= 0.3 is 0 Å². The Morgan fingerprint density at radius 2 is 1.86 bits per heavy atom. The summed E-state index contributed by atoms with van der Waals surface area (Å²) in [4.78, 5) is 29.3. The molecule has 0 aromatic heterocycles. The summed E-state index contributed by atoms with van der Waals surface area (Å²) in [6, 6.07) is 7.16. The van der Waals surface area contributed by atoms with Gasteiger partial charge in [0, 0.05) is 31.7 Å². The highest BCUT2D eigenvalue weighted by Crippen LogP contribution is 2.26. The number of nitrogens with zero attached hydrogens (tertiary/aromatic N) is 2. The number of hydrogen-bond donors (Lipinski definition) is 1. The van der Waals surface area contributed by atoms with E-state index in [0.717, 1.165) is 70.3 Å². The van der Waals surface area contributed by atoms with Crippen LogP contribution >= 0.6 is 0 Å². The topological polar surface area (TPSA) is 52.7 Å². The first-order chi connectivity index (χ1) is 13.6. The number of nitrogens with one attached hydrogen (secondary N) is 1. The van der Waals surface area contributed by atoms with E-state index >= 15 is 0 Å². The van der Waals surface area contributed by atoms with Crippen LogP contribution in [0.4, 0.5) is 4.39 Å². The first-order valence-corrected chi connectivity index (χ1v) is 10.6. The van der Waals surface area contributed by atoms with Crippen LogP contribution < -0.4 is 5.32 Å². The van der Waals surface area contributed by atoms with E-state index in [1.807, 2.05) is 4.90 Å². The molecule has 0 spiro atoms. The lowest BCUT2D eigenvalue weighted by molar-refractivity contribution is -0.132. The third-order valence-electron chi connectivity index (χ3n) is 6.33.